The molecule has 1 unspecified atom stereocenters. The molecule has 2 aromatic heterocycles. The van der Waals surface area contributed by atoms with Crippen LogP contribution in [-0.4, -0.2) is 23.1 Å². The van der Waals surface area contributed by atoms with Gasteiger partial charge in [0, 0.05) is 30.1 Å². The van der Waals surface area contributed by atoms with Crippen LogP contribution in [0.5, 0.6) is 0 Å². The highest BCUT2D eigenvalue weighted by atomic mass is 16.3. The van der Waals surface area contributed by atoms with E-state index in [-0.39, 0.29) is 6.17 Å². The molecule has 0 spiro atoms. The van der Waals surface area contributed by atoms with E-state index in [1.54, 1.807) is 6.20 Å². The van der Waals surface area contributed by atoms with E-state index in [4.69, 9.17) is 4.42 Å². The van der Waals surface area contributed by atoms with Crippen LogP contribution in [-0.2, 0) is 13.1 Å². The van der Waals surface area contributed by atoms with Crippen LogP contribution in [0.1, 0.15) is 23.6 Å². The zero-order chi connectivity index (χ0) is 18.5. The van der Waals surface area contributed by atoms with Crippen molar-refractivity contribution in [3.05, 3.63) is 71.4 Å². The molecule has 0 saturated carbocycles. The van der Waals surface area contributed by atoms with Crippen molar-refractivity contribution in [1.29, 1.82) is 0 Å². The third kappa shape index (κ3) is 2.52. The second kappa shape index (κ2) is 6.10. The molecule has 1 aliphatic heterocycles. The monoisotopic (exact) mass is 357 g/mol. The van der Waals surface area contributed by atoms with Crippen LogP contribution in [0.25, 0.3) is 22.1 Å². The Morgan fingerprint density at radius 1 is 0.963 bits per heavy atom. The summed E-state index contributed by atoms with van der Waals surface area (Å²) in [6.07, 6.45) is 2.04. The van der Waals surface area contributed by atoms with Gasteiger partial charge in [0.15, 0.2) is 5.58 Å². The predicted octanol–water partition coefficient (Wildman–Crippen LogP) is 5.09. The maximum atomic E-state index is 6.26. The first-order chi connectivity index (χ1) is 13.1. The highest BCUT2D eigenvalue weighted by Crippen LogP contribution is 2.39. The normalized spacial score (nSPS) is 18.0. The summed E-state index contributed by atoms with van der Waals surface area (Å²) in [4.78, 5) is 9.29. The van der Waals surface area contributed by atoms with E-state index in [1.165, 1.54) is 22.4 Å². The number of rotatable bonds is 1. The third-order valence-electron chi connectivity index (χ3n) is 5.85. The van der Waals surface area contributed by atoms with E-state index >= 15 is 0 Å². The lowest BCUT2D eigenvalue weighted by Crippen LogP contribution is -2.42. The van der Waals surface area contributed by atoms with E-state index in [0.717, 1.165) is 29.4 Å². The van der Waals surface area contributed by atoms with Gasteiger partial charge in [0.25, 0.3) is 0 Å². The second-order valence-electron chi connectivity index (χ2n) is 7.51. The van der Waals surface area contributed by atoms with Crippen LogP contribution >= 0.6 is 0 Å². The summed E-state index contributed by atoms with van der Waals surface area (Å²) >= 11 is 0. The van der Waals surface area contributed by atoms with Gasteiger partial charge < -0.3 is 9.32 Å². The fourth-order valence-electron chi connectivity index (χ4n) is 4.20. The van der Waals surface area contributed by atoms with Crippen LogP contribution < -0.4 is 4.90 Å². The number of hydrogen-bond acceptors (Lipinski definition) is 4. The molecule has 3 heterocycles. The van der Waals surface area contributed by atoms with E-state index in [1.807, 2.05) is 6.07 Å². The quantitative estimate of drug-likeness (QED) is 0.475. The lowest BCUT2D eigenvalue weighted by Gasteiger charge is -2.35. The summed E-state index contributed by atoms with van der Waals surface area (Å²) in [5.41, 5.74) is 6.80. The zero-order valence-corrected chi connectivity index (χ0v) is 15.9. The maximum Gasteiger partial charge on any atom is 0.227 e. The standard InChI is InChI=1S/C23H23N3O/c1-15-10-11-19-20-9-6-12-24-23(20)27-22(19)21(15)26-14-18-8-5-4-7-17(18)13-25(3)16(26)2/h4-12,16H,13-14H2,1-3H3. The molecule has 0 fully saturated rings. The smallest absolute Gasteiger partial charge is 0.227 e. The Labute approximate surface area is 159 Å². The van der Waals surface area contributed by atoms with Gasteiger partial charge in [-0.25, -0.2) is 4.98 Å². The molecule has 1 atom stereocenters. The molecule has 5 rings (SSSR count). The van der Waals surface area contributed by atoms with Crippen molar-refractivity contribution < 1.29 is 4.42 Å². The number of aryl methyl sites for hydroxylation is 1. The van der Waals surface area contributed by atoms with Crippen molar-refractivity contribution in [2.24, 2.45) is 0 Å². The Hall–Kier alpha value is -2.85. The van der Waals surface area contributed by atoms with Gasteiger partial charge in [0.2, 0.25) is 5.71 Å². The van der Waals surface area contributed by atoms with Gasteiger partial charge in [-0.05, 0) is 49.7 Å². The summed E-state index contributed by atoms with van der Waals surface area (Å²) in [7, 11) is 2.19. The summed E-state index contributed by atoms with van der Waals surface area (Å²) in [6, 6.07) is 17.1. The minimum Gasteiger partial charge on any atom is -0.436 e. The molecule has 1 aliphatic rings. The van der Waals surface area contributed by atoms with Crippen molar-refractivity contribution in [3.63, 3.8) is 0 Å². The van der Waals surface area contributed by atoms with E-state index in [0.29, 0.717) is 5.71 Å². The molecule has 0 bridgehead atoms. The topological polar surface area (TPSA) is 32.5 Å². The Balaban J connectivity index is 1.75. The number of fused-ring (bicyclic) bond motifs is 4. The largest absolute Gasteiger partial charge is 0.436 e. The molecule has 0 saturated heterocycles. The van der Waals surface area contributed by atoms with Gasteiger partial charge in [-0.15, -0.1) is 0 Å². The van der Waals surface area contributed by atoms with Crippen LogP contribution in [0.4, 0.5) is 5.69 Å². The molecule has 136 valence electrons. The number of hydrogen-bond donors (Lipinski definition) is 0. The van der Waals surface area contributed by atoms with E-state index in [9.17, 15) is 0 Å². The van der Waals surface area contributed by atoms with Crippen LogP contribution in [0.2, 0.25) is 0 Å². The van der Waals surface area contributed by atoms with Crippen molar-refractivity contribution in [1.82, 2.24) is 9.88 Å². The van der Waals surface area contributed by atoms with E-state index < -0.39 is 0 Å². The predicted molar refractivity (Wildman–Crippen MR) is 110 cm³/mol. The molecule has 0 amide bonds. The van der Waals surface area contributed by atoms with Crippen molar-refractivity contribution >= 4 is 27.8 Å². The highest BCUT2D eigenvalue weighted by Gasteiger charge is 2.28. The Kier molecular flexibility index (Phi) is 3.69. The van der Waals surface area contributed by atoms with Gasteiger partial charge in [0.1, 0.15) is 0 Å². The molecule has 4 heteroatoms. The van der Waals surface area contributed by atoms with Crippen molar-refractivity contribution in [2.45, 2.75) is 33.1 Å². The van der Waals surface area contributed by atoms with Gasteiger partial charge in [-0.1, -0.05) is 36.4 Å². The summed E-state index contributed by atoms with van der Waals surface area (Å²) in [6.45, 7) is 6.25. The molecule has 0 radical (unpaired) electrons. The first kappa shape index (κ1) is 16.3. The van der Waals surface area contributed by atoms with Crippen LogP contribution in [0.15, 0.2) is 59.1 Å². The number of aromatic nitrogens is 1. The molecular formula is C23H23N3O. The lowest BCUT2D eigenvalue weighted by molar-refractivity contribution is 0.248. The zero-order valence-electron chi connectivity index (χ0n) is 15.9. The number of pyridine rings is 1. The Morgan fingerprint density at radius 3 is 2.56 bits per heavy atom. The Bertz CT molecular complexity index is 1150. The average molecular weight is 357 g/mol. The second-order valence-corrected chi connectivity index (χ2v) is 7.51. The molecule has 27 heavy (non-hydrogen) atoms. The van der Waals surface area contributed by atoms with Crippen molar-refractivity contribution in [2.75, 3.05) is 11.9 Å². The number of furan rings is 1. The third-order valence-corrected chi connectivity index (χ3v) is 5.85. The number of benzene rings is 2. The first-order valence-corrected chi connectivity index (χ1v) is 9.44. The van der Waals surface area contributed by atoms with Gasteiger partial charge >= 0.3 is 0 Å². The van der Waals surface area contributed by atoms with Crippen LogP contribution in [0, 0.1) is 6.92 Å². The molecule has 2 aromatic carbocycles. The minimum absolute atomic E-state index is 0.253. The molecule has 4 aromatic rings. The van der Waals surface area contributed by atoms with E-state index in [2.05, 4.69) is 78.1 Å². The lowest BCUT2D eigenvalue weighted by atomic mass is 10.1. The van der Waals surface area contributed by atoms with Gasteiger partial charge in [-0.2, -0.15) is 0 Å². The van der Waals surface area contributed by atoms with Crippen molar-refractivity contribution in [3.8, 4) is 0 Å². The number of nitrogens with zero attached hydrogens (tertiary/aromatic N) is 3. The number of anilines is 1. The summed E-state index contributed by atoms with van der Waals surface area (Å²) < 4.78 is 6.26. The molecule has 0 N–H and O–H groups in total. The molecular weight excluding hydrogens is 334 g/mol. The average Bonchev–Trinajstić information content (AvgIpc) is 3.00. The van der Waals surface area contributed by atoms with Crippen LogP contribution in [0.3, 0.4) is 0 Å². The fourth-order valence-corrected chi connectivity index (χ4v) is 4.20. The summed E-state index contributed by atoms with van der Waals surface area (Å²) in [5, 5.41) is 2.20. The van der Waals surface area contributed by atoms with Gasteiger partial charge in [-0.3, -0.25) is 4.90 Å². The fraction of sp³-hybridized carbons (Fsp3) is 0.261. The molecule has 0 aliphatic carbocycles. The minimum atomic E-state index is 0.253. The molecule has 4 nitrogen and oxygen atoms in total. The first-order valence-electron chi connectivity index (χ1n) is 9.44. The summed E-state index contributed by atoms with van der Waals surface area (Å²) in [5.74, 6) is 0. The highest BCUT2D eigenvalue weighted by molar-refractivity contribution is 6.08. The maximum absolute atomic E-state index is 6.26. The Morgan fingerprint density at radius 2 is 1.74 bits per heavy atom. The SMILES string of the molecule is Cc1ccc2c(oc3ncccc32)c1N1Cc2ccccc2CN(C)C1C. The van der Waals surface area contributed by atoms with Gasteiger partial charge in [0.05, 0.1) is 11.9 Å².